The number of aromatic nitrogens is 1. The molecule has 0 amide bonds. The van der Waals surface area contributed by atoms with Crippen LogP contribution in [-0.4, -0.2) is 29.5 Å². The fourth-order valence-electron chi connectivity index (χ4n) is 2.66. The molecule has 0 saturated heterocycles. The summed E-state index contributed by atoms with van der Waals surface area (Å²) in [5.41, 5.74) is 3.08. The number of nitrogens with zero attached hydrogens (tertiary/aromatic N) is 1. The highest BCUT2D eigenvalue weighted by Gasteiger charge is 2.22. The summed E-state index contributed by atoms with van der Waals surface area (Å²) in [6.45, 7) is 0. The van der Waals surface area contributed by atoms with Crippen LogP contribution < -0.4 is 0 Å². The van der Waals surface area contributed by atoms with Crippen molar-refractivity contribution in [1.82, 2.24) is 9.88 Å². The number of rotatable bonds is 3. The minimum Gasteiger partial charge on any atom is -0.369 e. The molecule has 0 bridgehead atoms. The molecule has 0 saturated carbocycles. The van der Waals surface area contributed by atoms with Gasteiger partial charge in [-0.1, -0.05) is 30.4 Å². The van der Waals surface area contributed by atoms with E-state index in [9.17, 15) is 9.59 Å². The number of nitrogens with one attached hydrogen (secondary N) is 1. The lowest BCUT2D eigenvalue weighted by Gasteiger charge is -2.27. The minimum atomic E-state index is -0.0601. The Kier molecular flexibility index (Phi) is 2.99. The molecular weight excluding hydrogens is 252 g/mol. The largest absolute Gasteiger partial charge is 0.369 e. The zero-order valence-electron chi connectivity index (χ0n) is 11.0. The summed E-state index contributed by atoms with van der Waals surface area (Å²) >= 11 is 0. The van der Waals surface area contributed by atoms with E-state index < -0.39 is 0 Å². The maximum absolute atomic E-state index is 11.3. The normalized spacial score (nSPS) is 18.1. The third-order valence-electron chi connectivity index (χ3n) is 3.59. The van der Waals surface area contributed by atoms with Crippen LogP contribution in [0.3, 0.4) is 0 Å². The van der Waals surface area contributed by atoms with Crippen molar-refractivity contribution >= 4 is 23.5 Å². The van der Waals surface area contributed by atoms with E-state index in [1.165, 1.54) is 0 Å². The Morgan fingerprint density at radius 3 is 2.70 bits per heavy atom. The second-order valence-corrected chi connectivity index (χ2v) is 4.83. The topological polar surface area (TPSA) is 53.2 Å². The number of aromatic amines is 1. The van der Waals surface area contributed by atoms with Crippen LogP contribution in [0.1, 0.15) is 22.1 Å². The van der Waals surface area contributed by atoms with E-state index >= 15 is 0 Å². The third-order valence-corrected chi connectivity index (χ3v) is 3.59. The SMILES string of the molecule is CN1C=C(C=O)C=CC1c1c(C=O)[nH]c2ccccc12. The quantitative estimate of drug-likeness (QED) is 0.869. The summed E-state index contributed by atoms with van der Waals surface area (Å²) in [5.74, 6) is 0. The van der Waals surface area contributed by atoms with Crippen molar-refractivity contribution in [3.63, 3.8) is 0 Å². The molecule has 100 valence electrons. The lowest BCUT2D eigenvalue weighted by molar-refractivity contribution is -0.104. The summed E-state index contributed by atoms with van der Waals surface area (Å²) in [5, 5.41) is 1.03. The number of benzene rings is 1. The smallest absolute Gasteiger partial charge is 0.166 e. The van der Waals surface area contributed by atoms with E-state index in [0.29, 0.717) is 11.3 Å². The molecule has 1 aliphatic heterocycles. The second kappa shape index (κ2) is 4.81. The van der Waals surface area contributed by atoms with Crippen molar-refractivity contribution in [3.05, 3.63) is 59.4 Å². The van der Waals surface area contributed by atoms with Crippen molar-refractivity contribution in [2.45, 2.75) is 6.04 Å². The molecule has 0 radical (unpaired) electrons. The van der Waals surface area contributed by atoms with Gasteiger partial charge in [-0.25, -0.2) is 0 Å². The zero-order chi connectivity index (χ0) is 14.1. The number of likely N-dealkylation sites (N-methyl/N-ethyl adjacent to an activating group) is 1. The molecule has 1 atom stereocenters. The highest BCUT2D eigenvalue weighted by molar-refractivity contribution is 5.93. The lowest BCUT2D eigenvalue weighted by atomic mass is 9.98. The molecule has 1 N–H and O–H groups in total. The average molecular weight is 266 g/mol. The Morgan fingerprint density at radius 2 is 2.00 bits per heavy atom. The van der Waals surface area contributed by atoms with E-state index in [0.717, 1.165) is 29.0 Å². The van der Waals surface area contributed by atoms with Gasteiger partial charge in [-0.05, 0) is 6.07 Å². The lowest BCUT2D eigenvalue weighted by Crippen LogP contribution is -2.21. The predicted molar refractivity (Wildman–Crippen MR) is 77.5 cm³/mol. The van der Waals surface area contributed by atoms with Gasteiger partial charge < -0.3 is 9.88 Å². The molecule has 20 heavy (non-hydrogen) atoms. The number of hydrogen-bond acceptors (Lipinski definition) is 3. The fourth-order valence-corrected chi connectivity index (χ4v) is 2.66. The summed E-state index contributed by atoms with van der Waals surface area (Å²) in [7, 11) is 1.90. The minimum absolute atomic E-state index is 0.0601. The van der Waals surface area contributed by atoms with E-state index in [1.54, 1.807) is 12.3 Å². The Hall–Kier alpha value is -2.62. The van der Waals surface area contributed by atoms with Crippen LogP contribution in [-0.2, 0) is 4.79 Å². The number of H-pyrrole nitrogens is 1. The number of allylic oxidation sites excluding steroid dienone is 2. The molecule has 2 aromatic rings. The number of hydrogen-bond donors (Lipinski definition) is 1. The molecule has 4 nitrogen and oxygen atoms in total. The van der Waals surface area contributed by atoms with Crippen molar-refractivity contribution < 1.29 is 9.59 Å². The average Bonchev–Trinajstić information content (AvgIpc) is 2.85. The highest BCUT2D eigenvalue weighted by Crippen LogP contribution is 2.33. The van der Waals surface area contributed by atoms with E-state index in [-0.39, 0.29) is 6.04 Å². The Bertz CT molecular complexity index is 740. The summed E-state index contributed by atoms with van der Waals surface area (Å²) in [6.07, 6.45) is 7.17. The molecule has 2 heterocycles. The first-order chi connectivity index (χ1) is 9.74. The third kappa shape index (κ3) is 1.86. The van der Waals surface area contributed by atoms with Gasteiger partial charge in [0.1, 0.15) is 0 Å². The molecule has 0 aliphatic carbocycles. The van der Waals surface area contributed by atoms with Gasteiger partial charge in [0.25, 0.3) is 0 Å². The van der Waals surface area contributed by atoms with Crippen molar-refractivity contribution in [2.75, 3.05) is 7.05 Å². The highest BCUT2D eigenvalue weighted by atomic mass is 16.1. The van der Waals surface area contributed by atoms with Crippen molar-refractivity contribution in [1.29, 1.82) is 0 Å². The molecule has 1 unspecified atom stereocenters. The van der Waals surface area contributed by atoms with Gasteiger partial charge in [0, 0.05) is 35.3 Å². The summed E-state index contributed by atoms with van der Waals surface area (Å²) in [4.78, 5) is 27.2. The Labute approximate surface area is 116 Å². The fraction of sp³-hybridized carbons (Fsp3) is 0.125. The van der Waals surface area contributed by atoms with Crippen LogP contribution >= 0.6 is 0 Å². The standard InChI is InChI=1S/C16H14N2O2/c1-18-8-11(9-19)6-7-15(18)16-12-4-2-3-5-13(12)17-14(16)10-20/h2-10,15,17H,1H3. The van der Waals surface area contributed by atoms with Crippen LogP contribution in [0.15, 0.2) is 48.2 Å². The van der Waals surface area contributed by atoms with Crippen LogP contribution in [0.5, 0.6) is 0 Å². The number of fused-ring (bicyclic) bond motifs is 1. The zero-order valence-corrected chi connectivity index (χ0v) is 11.0. The van der Waals surface area contributed by atoms with E-state index in [2.05, 4.69) is 4.98 Å². The van der Waals surface area contributed by atoms with Crippen LogP contribution in [0.2, 0.25) is 0 Å². The van der Waals surface area contributed by atoms with Gasteiger partial charge in [-0.2, -0.15) is 0 Å². The predicted octanol–water partition coefficient (Wildman–Crippen LogP) is 2.61. The van der Waals surface area contributed by atoms with Gasteiger partial charge in [-0.3, -0.25) is 9.59 Å². The first kappa shape index (κ1) is 12.4. The molecule has 1 aromatic heterocycles. The maximum Gasteiger partial charge on any atom is 0.166 e. The van der Waals surface area contributed by atoms with Crippen LogP contribution in [0, 0.1) is 0 Å². The van der Waals surface area contributed by atoms with Crippen LogP contribution in [0.25, 0.3) is 10.9 Å². The first-order valence-electron chi connectivity index (χ1n) is 6.37. The van der Waals surface area contributed by atoms with Crippen LogP contribution in [0.4, 0.5) is 0 Å². The monoisotopic (exact) mass is 266 g/mol. The van der Waals surface area contributed by atoms with Gasteiger partial charge >= 0.3 is 0 Å². The molecule has 0 fully saturated rings. The molecule has 3 rings (SSSR count). The molecule has 1 aromatic carbocycles. The van der Waals surface area contributed by atoms with Crippen molar-refractivity contribution in [2.24, 2.45) is 0 Å². The van der Waals surface area contributed by atoms with Gasteiger partial charge in [0.2, 0.25) is 0 Å². The Balaban J connectivity index is 2.15. The number of para-hydroxylation sites is 1. The number of carbonyl (C=O) groups excluding carboxylic acids is 2. The summed E-state index contributed by atoms with van der Waals surface area (Å²) in [6, 6.07) is 7.77. The molecule has 0 spiro atoms. The number of aldehydes is 2. The molecular formula is C16H14N2O2. The van der Waals surface area contributed by atoms with E-state index in [4.69, 9.17) is 0 Å². The van der Waals surface area contributed by atoms with E-state index in [1.807, 2.05) is 42.3 Å². The van der Waals surface area contributed by atoms with Gasteiger partial charge in [-0.15, -0.1) is 0 Å². The second-order valence-electron chi connectivity index (χ2n) is 4.83. The maximum atomic E-state index is 11.3. The Morgan fingerprint density at radius 1 is 1.20 bits per heavy atom. The van der Waals surface area contributed by atoms with Gasteiger partial charge in [0.05, 0.1) is 11.7 Å². The van der Waals surface area contributed by atoms with Crippen molar-refractivity contribution in [3.8, 4) is 0 Å². The molecule has 1 aliphatic rings. The molecule has 4 heteroatoms. The summed E-state index contributed by atoms with van der Waals surface area (Å²) < 4.78 is 0. The number of carbonyl (C=O) groups is 2. The van der Waals surface area contributed by atoms with Gasteiger partial charge in [0.15, 0.2) is 12.6 Å². The first-order valence-corrected chi connectivity index (χ1v) is 6.37.